The van der Waals surface area contributed by atoms with E-state index < -0.39 is 9.84 Å². The predicted octanol–water partition coefficient (Wildman–Crippen LogP) is 0.500. The lowest BCUT2D eigenvalue weighted by molar-refractivity contribution is 0.601. The molecular formula is C10H15ClN4O2S. The highest BCUT2D eigenvalue weighted by Gasteiger charge is 2.14. The van der Waals surface area contributed by atoms with Crippen molar-refractivity contribution in [3.05, 3.63) is 22.8 Å². The summed E-state index contributed by atoms with van der Waals surface area (Å²) in [4.78, 5) is 5.69. The monoisotopic (exact) mass is 290 g/mol. The van der Waals surface area contributed by atoms with E-state index in [9.17, 15) is 8.42 Å². The van der Waals surface area contributed by atoms with Crippen molar-refractivity contribution >= 4 is 33.1 Å². The van der Waals surface area contributed by atoms with Crippen molar-refractivity contribution in [3.63, 3.8) is 0 Å². The summed E-state index contributed by atoms with van der Waals surface area (Å²) in [6.07, 6.45) is 2.65. The second kappa shape index (κ2) is 5.53. The molecule has 0 spiro atoms. The van der Waals surface area contributed by atoms with Crippen LogP contribution in [0.1, 0.15) is 5.56 Å². The molecule has 8 heteroatoms. The van der Waals surface area contributed by atoms with Crippen molar-refractivity contribution in [3.8, 4) is 0 Å². The average molecular weight is 291 g/mol. The Bertz CT molecular complexity index is 559. The number of halogens is 1. The van der Waals surface area contributed by atoms with Crippen LogP contribution >= 0.6 is 11.6 Å². The van der Waals surface area contributed by atoms with E-state index in [1.54, 1.807) is 18.0 Å². The second-order valence-corrected chi connectivity index (χ2v) is 6.60. The van der Waals surface area contributed by atoms with Crippen LogP contribution in [0.5, 0.6) is 0 Å². The maximum absolute atomic E-state index is 11.1. The van der Waals surface area contributed by atoms with E-state index in [1.807, 2.05) is 0 Å². The number of rotatable bonds is 5. The molecule has 0 saturated carbocycles. The third kappa shape index (κ3) is 3.85. The number of nitrogen functional groups attached to an aromatic ring is 1. The number of aromatic nitrogens is 1. The SMILES string of the molecule is CN(CCS(C)(=O)=O)c1nccc(C(=N)N)c1Cl. The van der Waals surface area contributed by atoms with E-state index in [-0.39, 0.29) is 23.2 Å². The Labute approximate surface area is 111 Å². The van der Waals surface area contributed by atoms with Gasteiger partial charge in [-0.1, -0.05) is 11.6 Å². The first-order valence-corrected chi connectivity index (χ1v) is 7.54. The predicted molar refractivity (Wildman–Crippen MR) is 73.2 cm³/mol. The van der Waals surface area contributed by atoms with Gasteiger partial charge >= 0.3 is 0 Å². The molecule has 1 heterocycles. The molecule has 0 aromatic carbocycles. The molecule has 0 fully saturated rings. The highest BCUT2D eigenvalue weighted by atomic mass is 35.5. The zero-order chi connectivity index (χ0) is 13.9. The summed E-state index contributed by atoms with van der Waals surface area (Å²) in [7, 11) is -1.36. The van der Waals surface area contributed by atoms with Crippen molar-refractivity contribution in [2.45, 2.75) is 0 Å². The molecule has 100 valence electrons. The molecule has 0 bridgehead atoms. The van der Waals surface area contributed by atoms with Gasteiger partial charge in [-0.05, 0) is 6.07 Å². The maximum Gasteiger partial charge on any atom is 0.149 e. The number of nitrogens with zero attached hydrogens (tertiary/aromatic N) is 2. The lowest BCUT2D eigenvalue weighted by atomic mass is 10.2. The van der Waals surface area contributed by atoms with Gasteiger partial charge in [0.15, 0.2) is 0 Å². The summed E-state index contributed by atoms with van der Waals surface area (Å²) in [5, 5.41) is 7.62. The van der Waals surface area contributed by atoms with Crippen LogP contribution in [-0.4, -0.2) is 44.8 Å². The van der Waals surface area contributed by atoms with Crippen molar-refractivity contribution < 1.29 is 8.42 Å². The van der Waals surface area contributed by atoms with Gasteiger partial charge in [0, 0.05) is 31.6 Å². The molecule has 0 atom stereocenters. The fraction of sp³-hybridized carbons (Fsp3) is 0.400. The van der Waals surface area contributed by atoms with Gasteiger partial charge in [0.25, 0.3) is 0 Å². The fourth-order valence-electron chi connectivity index (χ4n) is 1.32. The zero-order valence-electron chi connectivity index (χ0n) is 10.1. The number of nitrogens with one attached hydrogen (secondary N) is 1. The van der Waals surface area contributed by atoms with Gasteiger partial charge in [-0.3, -0.25) is 5.41 Å². The first-order chi connectivity index (χ1) is 8.22. The number of sulfone groups is 1. The van der Waals surface area contributed by atoms with Crippen LogP contribution in [0.25, 0.3) is 0 Å². The highest BCUT2D eigenvalue weighted by Crippen LogP contribution is 2.25. The van der Waals surface area contributed by atoms with E-state index in [4.69, 9.17) is 22.7 Å². The number of anilines is 1. The molecule has 1 rings (SSSR count). The fourth-order valence-corrected chi connectivity index (χ4v) is 2.28. The largest absolute Gasteiger partial charge is 0.384 e. The van der Waals surface area contributed by atoms with Gasteiger partial charge in [-0.25, -0.2) is 13.4 Å². The van der Waals surface area contributed by atoms with Gasteiger partial charge in [-0.2, -0.15) is 0 Å². The molecule has 3 N–H and O–H groups in total. The smallest absolute Gasteiger partial charge is 0.149 e. The molecule has 0 aliphatic rings. The summed E-state index contributed by atoms with van der Waals surface area (Å²) in [5.41, 5.74) is 5.77. The van der Waals surface area contributed by atoms with Gasteiger partial charge in [0.2, 0.25) is 0 Å². The minimum absolute atomic E-state index is 0.00576. The third-order valence-electron chi connectivity index (χ3n) is 2.32. The Hall–Kier alpha value is -1.34. The number of hydrogen-bond donors (Lipinski definition) is 2. The van der Waals surface area contributed by atoms with Crippen LogP contribution in [0, 0.1) is 5.41 Å². The molecule has 6 nitrogen and oxygen atoms in total. The van der Waals surface area contributed by atoms with Crippen molar-refractivity contribution in [1.82, 2.24) is 4.98 Å². The van der Waals surface area contributed by atoms with Gasteiger partial charge in [0.05, 0.1) is 10.8 Å². The van der Waals surface area contributed by atoms with Crippen LogP contribution in [0.4, 0.5) is 5.82 Å². The van der Waals surface area contributed by atoms with Crippen LogP contribution < -0.4 is 10.6 Å². The number of amidine groups is 1. The average Bonchev–Trinajstić information content (AvgIpc) is 2.24. The number of nitrogens with two attached hydrogens (primary N) is 1. The molecule has 1 aromatic heterocycles. The first-order valence-electron chi connectivity index (χ1n) is 5.10. The maximum atomic E-state index is 11.1. The van der Waals surface area contributed by atoms with E-state index in [2.05, 4.69) is 4.98 Å². The summed E-state index contributed by atoms with van der Waals surface area (Å²) in [5.74, 6) is 0.263. The zero-order valence-corrected chi connectivity index (χ0v) is 11.7. The van der Waals surface area contributed by atoms with Crippen molar-refractivity contribution in [1.29, 1.82) is 5.41 Å². The highest BCUT2D eigenvalue weighted by molar-refractivity contribution is 7.90. The minimum Gasteiger partial charge on any atom is -0.384 e. The lowest BCUT2D eigenvalue weighted by Gasteiger charge is -2.19. The second-order valence-electron chi connectivity index (χ2n) is 3.96. The van der Waals surface area contributed by atoms with Crippen molar-refractivity contribution in [2.75, 3.05) is 30.5 Å². The van der Waals surface area contributed by atoms with Gasteiger partial charge < -0.3 is 10.6 Å². The molecule has 0 unspecified atom stereocenters. The van der Waals surface area contributed by atoms with Crippen LogP contribution in [0.2, 0.25) is 5.02 Å². The van der Waals surface area contributed by atoms with Crippen LogP contribution in [-0.2, 0) is 9.84 Å². The van der Waals surface area contributed by atoms with Crippen LogP contribution in [0.15, 0.2) is 12.3 Å². The normalized spacial score (nSPS) is 11.3. The number of hydrogen-bond acceptors (Lipinski definition) is 5. The van der Waals surface area contributed by atoms with E-state index in [1.165, 1.54) is 12.5 Å². The molecule has 0 amide bonds. The summed E-state index contributed by atoms with van der Waals surface area (Å²) in [6, 6.07) is 1.54. The molecule has 18 heavy (non-hydrogen) atoms. The van der Waals surface area contributed by atoms with E-state index >= 15 is 0 Å². The first kappa shape index (κ1) is 14.7. The summed E-state index contributed by atoms with van der Waals surface area (Å²) >= 11 is 6.07. The Morgan fingerprint density at radius 2 is 2.22 bits per heavy atom. The van der Waals surface area contributed by atoms with E-state index in [0.717, 1.165) is 0 Å². The molecule has 0 aliphatic carbocycles. The van der Waals surface area contributed by atoms with Gasteiger partial charge in [0.1, 0.15) is 21.5 Å². The Balaban J connectivity index is 2.96. The molecule has 0 aliphatic heterocycles. The summed E-state index contributed by atoms with van der Waals surface area (Å²) in [6.45, 7) is 0.271. The quantitative estimate of drug-likeness (QED) is 0.607. The number of pyridine rings is 1. The standard InChI is InChI=1S/C10H15ClN4O2S/c1-15(5-6-18(2,16)17)10-8(11)7(9(12)13)3-4-14-10/h3-4H,5-6H2,1-2H3,(H3,12,13). The van der Waals surface area contributed by atoms with E-state index in [0.29, 0.717) is 11.4 Å². The Morgan fingerprint density at radius 3 is 2.72 bits per heavy atom. The lowest BCUT2D eigenvalue weighted by Crippen LogP contribution is -2.26. The molecule has 1 aromatic rings. The van der Waals surface area contributed by atoms with Crippen LogP contribution in [0.3, 0.4) is 0 Å². The topological polar surface area (TPSA) is 100 Å². The Morgan fingerprint density at radius 1 is 1.61 bits per heavy atom. The minimum atomic E-state index is -3.05. The molecule has 0 radical (unpaired) electrons. The molecule has 0 saturated heterocycles. The third-order valence-corrected chi connectivity index (χ3v) is 3.62. The summed E-state index contributed by atoms with van der Waals surface area (Å²) < 4.78 is 22.2. The van der Waals surface area contributed by atoms with Crippen molar-refractivity contribution in [2.24, 2.45) is 5.73 Å². The molecular weight excluding hydrogens is 276 g/mol. The Kier molecular flexibility index (Phi) is 4.53. The van der Waals surface area contributed by atoms with Gasteiger partial charge in [-0.15, -0.1) is 0 Å².